The summed E-state index contributed by atoms with van der Waals surface area (Å²) in [6.07, 6.45) is 2.50. The normalized spacial score (nSPS) is 18.4. The van der Waals surface area contributed by atoms with Crippen molar-refractivity contribution in [3.8, 4) is 5.88 Å². The van der Waals surface area contributed by atoms with Crippen molar-refractivity contribution in [2.75, 3.05) is 19.7 Å². The smallest absolute Gasteiger partial charge is 0.410 e. The molecule has 6 heteroatoms. The second-order valence-corrected chi connectivity index (χ2v) is 7.85. The number of halogens is 1. The van der Waals surface area contributed by atoms with Crippen LogP contribution in [-0.4, -0.2) is 41.3 Å². The molecule has 0 aliphatic carbocycles. The van der Waals surface area contributed by atoms with Crippen molar-refractivity contribution < 1.29 is 14.3 Å². The van der Waals surface area contributed by atoms with Crippen LogP contribution in [0.1, 0.15) is 32.8 Å². The molecule has 0 radical (unpaired) electrons. The molecule has 122 valence electrons. The van der Waals surface area contributed by atoms with Gasteiger partial charge in [-0.3, -0.25) is 0 Å². The molecular formula is C16H23IN2O3. The van der Waals surface area contributed by atoms with Crippen LogP contribution in [0.5, 0.6) is 5.88 Å². The highest BCUT2D eigenvalue weighted by Gasteiger charge is 2.30. The Balaban J connectivity index is 1.82. The molecule has 1 saturated heterocycles. The second-order valence-electron chi connectivity index (χ2n) is 6.69. The first-order valence-electron chi connectivity index (χ1n) is 7.47. The summed E-state index contributed by atoms with van der Waals surface area (Å²) in [6.45, 7) is 9.63. The van der Waals surface area contributed by atoms with Crippen LogP contribution in [0, 0.1) is 16.4 Å². The molecular weight excluding hydrogens is 395 g/mol. The maximum atomic E-state index is 12.0. The van der Waals surface area contributed by atoms with Gasteiger partial charge in [-0.05, 0) is 68.3 Å². The van der Waals surface area contributed by atoms with Gasteiger partial charge in [0, 0.05) is 25.2 Å². The number of likely N-dealkylation sites (tertiary alicyclic amines) is 1. The van der Waals surface area contributed by atoms with Crippen LogP contribution in [-0.2, 0) is 4.74 Å². The Bertz CT molecular complexity index is 543. The lowest BCUT2D eigenvalue weighted by Crippen LogP contribution is -2.35. The molecule has 1 aromatic heterocycles. The molecule has 2 heterocycles. The first-order chi connectivity index (χ1) is 10.2. The molecule has 1 aliphatic heterocycles. The summed E-state index contributed by atoms with van der Waals surface area (Å²) in [6, 6.07) is 2.05. The van der Waals surface area contributed by atoms with Gasteiger partial charge in [-0.1, -0.05) is 0 Å². The highest BCUT2D eigenvalue weighted by atomic mass is 127. The van der Waals surface area contributed by atoms with Gasteiger partial charge in [0.2, 0.25) is 5.88 Å². The molecule has 1 fully saturated rings. The molecule has 5 nitrogen and oxygen atoms in total. The first-order valence-corrected chi connectivity index (χ1v) is 8.55. The van der Waals surface area contributed by atoms with Gasteiger partial charge in [-0.2, -0.15) is 0 Å². The Morgan fingerprint density at radius 1 is 1.50 bits per heavy atom. The lowest BCUT2D eigenvalue weighted by atomic mass is 10.1. The molecule has 0 bridgehead atoms. The number of hydrogen-bond donors (Lipinski definition) is 0. The van der Waals surface area contributed by atoms with E-state index in [1.54, 1.807) is 11.1 Å². The summed E-state index contributed by atoms with van der Waals surface area (Å²) in [4.78, 5) is 18.1. The molecule has 0 spiro atoms. The molecule has 1 unspecified atom stereocenters. The van der Waals surface area contributed by atoms with Crippen molar-refractivity contribution in [3.63, 3.8) is 0 Å². The van der Waals surface area contributed by atoms with E-state index < -0.39 is 5.60 Å². The Morgan fingerprint density at radius 2 is 2.23 bits per heavy atom. The standard InChI is InChI=1S/C16H23IN2O3/c1-11-7-13(17)14(18-8-11)21-10-12-5-6-19(9-12)15(20)22-16(2,3)4/h7-8,12H,5-6,9-10H2,1-4H3. The van der Waals surface area contributed by atoms with Crippen LogP contribution in [0.4, 0.5) is 4.79 Å². The van der Waals surface area contributed by atoms with Gasteiger partial charge in [0.1, 0.15) is 5.60 Å². The van der Waals surface area contributed by atoms with Crippen molar-refractivity contribution >= 4 is 28.7 Å². The zero-order chi connectivity index (χ0) is 16.3. The Kier molecular flexibility index (Phi) is 5.52. The van der Waals surface area contributed by atoms with Crippen LogP contribution in [0.2, 0.25) is 0 Å². The molecule has 1 aromatic rings. The van der Waals surface area contributed by atoms with Crippen LogP contribution in [0.25, 0.3) is 0 Å². The summed E-state index contributed by atoms with van der Waals surface area (Å²) in [5.41, 5.74) is 0.668. The molecule has 2 rings (SSSR count). The average molecular weight is 418 g/mol. The van der Waals surface area contributed by atoms with Gasteiger partial charge < -0.3 is 14.4 Å². The number of pyridine rings is 1. The lowest BCUT2D eigenvalue weighted by molar-refractivity contribution is 0.0284. The quantitative estimate of drug-likeness (QED) is 0.704. The predicted molar refractivity (Wildman–Crippen MR) is 93.1 cm³/mol. The number of aromatic nitrogens is 1. The Labute approximate surface area is 145 Å². The molecule has 1 atom stereocenters. The van der Waals surface area contributed by atoms with E-state index in [2.05, 4.69) is 27.6 Å². The first kappa shape index (κ1) is 17.3. The molecule has 1 amide bonds. The van der Waals surface area contributed by atoms with Gasteiger partial charge >= 0.3 is 6.09 Å². The number of rotatable bonds is 3. The average Bonchev–Trinajstić information content (AvgIpc) is 2.84. The SMILES string of the molecule is Cc1cnc(OCC2CCN(C(=O)OC(C)(C)C)C2)c(I)c1. The maximum absolute atomic E-state index is 12.0. The number of nitrogens with zero attached hydrogens (tertiary/aromatic N) is 2. The predicted octanol–water partition coefficient (Wildman–Crippen LogP) is 3.63. The molecule has 0 saturated carbocycles. The van der Waals surface area contributed by atoms with Gasteiger partial charge in [0.15, 0.2) is 0 Å². The monoisotopic (exact) mass is 418 g/mol. The van der Waals surface area contributed by atoms with Crippen molar-refractivity contribution in [3.05, 3.63) is 21.4 Å². The summed E-state index contributed by atoms with van der Waals surface area (Å²) in [7, 11) is 0. The van der Waals surface area contributed by atoms with E-state index in [-0.39, 0.29) is 6.09 Å². The van der Waals surface area contributed by atoms with Crippen LogP contribution in [0.15, 0.2) is 12.3 Å². The Hall–Kier alpha value is -1.05. The van der Waals surface area contributed by atoms with E-state index in [9.17, 15) is 4.79 Å². The van der Waals surface area contributed by atoms with E-state index in [4.69, 9.17) is 9.47 Å². The molecule has 22 heavy (non-hydrogen) atoms. The number of hydrogen-bond acceptors (Lipinski definition) is 4. The highest BCUT2D eigenvalue weighted by Crippen LogP contribution is 2.23. The fraction of sp³-hybridized carbons (Fsp3) is 0.625. The third-order valence-electron chi connectivity index (χ3n) is 3.34. The summed E-state index contributed by atoms with van der Waals surface area (Å²) in [5.74, 6) is 0.994. The number of amides is 1. The van der Waals surface area contributed by atoms with Crippen molar-refractivity contribution in [2.24, 2.45) is 5.92 Å². The van der Waals surface area contributed by atoms with Gasteiger partial charge in [-0.15, -0.1) is 0 Å². The fourth-order valence-electron chi connectivity index (χ4n) is 2.28. The minimum atomic E-state index is -0.451. The van der Waals surface area contributed by atoms with E-state index in [0.29, 0.717) is 24.9 Å². The number of aryl methyl sites for hydroxylation is 1. The second kappa shape index (κ2) is 7.02. The third-order valence-corrected chi connectivity index (χ3v) is 4.11. The number of ether oxygens (including phenoxy) is 2. The summed E-state index contributed by atoms with van der Waals surface area (Å²) < 4.78 is 12.2. The highest BCUT2D eigenvalue weighted by molar-refractivity contribution is 14.1. The van der Waals surface area contributed by atoms with E-state index in [1.807, 2.05) is 33.8 Å². The zero-order valence-corrected chi connectivity index (χ0v) is 15.7. The van der Waals surface area contributed by atoms with E-state index in [1.165, 1.54) is 0 Å². The van der Waals surface area contributed by atoms with Gasteiger partial charge in [0.05, 0.1) is 10.2 Å². The van der Waals surface area contributed by atoms with E-state index in [0.717, 1.165) is 22.1 Å². The summed E-state index contributed by atoms with van der Waals surface area (Å²) >= 11 is 2.23. The van der Waals surface area contributed by atoms with Gasteiger partial charge in [0.25, 0.3) is 0 Å². The number of carbonyl (C=O) groups excluding carboxylic acids is 1. The minimum Gasteiger partial charge on any atom is -0.477 e. The van der Waals surface area contributed by atoms with Gasteiger partial charge in [-0.25, -0.2) is 9.78 Å². The van der Waals surface area contributed by atoms with Crippen LogP contribution < -0.4 is 4.74 Å². The molecule has 0 N–H and O–H groups in total. The number of carbonyl (C=O) groups is 1. The summed E-state index contributed by atoms with van der Waals surface area (Å²) in [5, 5.41) is 0. The largest absolute Gasteiger partial charge is 0.477 e. The Morgan fingerprint density at radius 3 is 2.86 bits per heavy atom. The van der Waals surface area contributed by atoms with Crippen LogP contribution in [0.3, 0.4) is 0 Å². The van der Waals surface area contributed by atoms with Crippen molar-refractivity contribution in [2.45, 2.75) is 39.7 Å². The van der Waals surface area contributed by atoms with Crippen LogP contribution >= 0.6 is 22.6 Å². The third kappa shape index (κ3) is 5.00. The van der Waals surface area contributed by atoms with E-state index >= 15 is 0 Å². The topological polar surface area (TPSA) is 51.7 Å². The lowest BCUT2D eigenvalue weighted by Gasteiger charge is -2.24. The van der Waals surface area contributed by atoms with Crippen molar-refractivity contribution in [1.29, 1.82) is 0 Å². The minimum absolute atomic E-state index is 0.238. The zero-order valence-electron chi connectivity index (χ0n) is 13.6. The van der Waals surface area contributed by atoms with Crippen molar-refractivity contribution in [1.82, 2.24) is 9.88 Å². The maximum Gasteiger partial charge on any atom is 0.410 e. The fourth-order valence-corrected chi connectivity index (χ4v) is 3.07. The molecule has 0 aromatic carbocycles. The molecule has 1 aliphatic rings.